The Balaban J connectivity index is 0.000000138. The van der Waals surface area contributed by atoms with Gasteiger partial charge in [0, 0.05) is 117 Å². The monoisotopic (exact) mass is 1710 g/mol. The topological polar surface area (TPSA) is 31.0 Å². The highest BCUT2D eigenvalue weighted by Gasteiger charge is 2.32. The summed E-state index contributed by atoms with van der Waals surface area (Å²) in [6.45, 7) is 51.1. The van der Waals surface area contributed by atoms with Crippen LogP contribution in [0.5, 0.6) is 0 Å². The lowest BCUT2D eigenvalue weighted by atomic mass is 9.85. The van der Waals surface area contributed by atoms with Gasteiger partial charge in [-0.1, -0.05) is 42.5 Å². The van der Waals surface area contributed by atoms with Crippen LogP contribution in [0.2, 0.25) is 0 Å². The van der Waals surface area contributed by atoms with Crippen molar-refractivity contribution in [1.82, 2.24) is 0 Å². The highest BCUT2D eigenvalue weighted by Crippen LogP contribution is 2.42. The van der Waals surface area contributed by atoms with Crippen LogP contribution < -0.4 is 36.5 Å². The van der Waals surface area contributed by atoms with E-state index in [2.05, 4.69) is 465 Å². The van der Waals surface area contributed by atoms with E-state index in [9.17, 15) is 0 Å². The van der Waals surface area contributed by atoms with E-state index in [0.717, 1.165) is 0 Å². The van der Waals surface area contributed by atoms with Gasteiger partial charge in [-0.15, -0.1) is 0 Å². The minimum atomic E-state index is 1.23. The van der Waals surface area contributed by atoms with Crippen molar-refractivity contribution >= 4 is 0 Å². The third-order valence-electron chi connectivity index (χ3n) is 28.0. The second-order valence-electron chi connectivity index (χ2n) is 38.2. The van der Waals surface area contributed by atoms with E-state index in [4.69, 9.17) is 0 Å². The molecule has 0 atom stereocenters. The van der Waals surface area contributed by atoms with E-state index < -0.39 is 0 Å². The van der Waals surface area contributed by atoms with Gasteiger partial charge in [-0.05, 0) is 400 Å². The van der Waals surface area contributed by atoms with E-state index in [1.165, 1.54) is 292 Å². The third kappa shape index (κ3) is 19.7. The molecule has 7 aromatic carbocycles. The fraction of sp³-hybridized carbons (Fsp3) is 0.322. The maximum absolute atomic E-state index is 2.50. The first kappa shape index (κ1) is 94.4. The van der Waals surface area contributed by atoms with Crippen LogP contribution in [0.1, 0.15) is 176 Å². The number of fused-ring (bicyclic) bond motifs is 2. The van der Waals surface area contributed by atoms with Crippen molar-refractivity contribution in [1.29, 1.82) is 0 Å². The molecule has 8 heteroatoms. The predicted octanol–water partition coefficient (Wildman–Crippen LogP) is 24.6. The zero-order chi connectivity index (χ0) is 93.2. The SMILES string of the molecule is Cc1cc(C)c(-c2c(C)cc(C)c(-c3cc(C)c(C)cc3C)[n+]2C)cc1C.Cc1cc(C)c(-c2cccc[n+]2C)c(C)c1-c1cccc[n+]1C.Cc1cc2c(cc1-c1c(C)cc(C)c(-c3cc4c(cc3C)CCCC4)[n+]1C)CCCC2.Cc1cc[n+](C)c(-c2c(C)cc(C)c(-c3cccc[n+]3C)c2C)c1.Cc1ccc(-c2c(C)cc(C)c(-c3cccc[n+]3C)c2C)[n+](C)c1. The number of nitrogens with zero attached hydrogens (tertiary/aromatic N) is 8. The van der Waals surface area contributed by atoms with Crippen molar-refractivity contribution < 1.29 is 36.5 Å². The summed E-state index contributed by atoms with van der Waals surface area (Å²) >= 11 is 0. The summed E-state index contributed by atoms with van der Waals surface area (Å²) in [6.07, 6.45) is 23.1. The predicted molar refractivity (Wildman–Crippen MR) is 538 cm³/mol. The van der Waals surface area contributed by atoms with Crippen molar-refractivity contribution in [3.8, 4) is 113 Å². The van der Waals surface area contributed by atoms with Gasteiger partial charge in [-0.2, -0.15) is 9.13 Å². The van der Waals surface area contributed by atoms with Crippen LogP contribution in [0, 0.1) is 159 Å². The largest absolute Gasteiger partial charge is 0.215 e. The maximum Gasteiger partial charge on any atom is 0.215 e. The van der Waals surface area contributed by atoms with Crippen LogP contribution in [0.3, 0.4) is 0 Å². The van der Waals surface area contributed by atoms with Gasteiger partial charge < -0.3 is 0 Å². The van der Waals surface area contributed by atoms with Gasteiger partial charge in [0.1, 0.15) is 56.4 Å². The van der Waals surface area contributed by atoms with Crippen molar-refractivity contribution in [2.75, 3.05) is 0 Å². The molecule has 0 spiro atoms. The molecule has 8 heterocycles. The second kappa shape index (κ2) is 39.8. The van der Waals surface area contributed by atoms with Crippen LogP contribution >= 0.6 is 0 Å². The van der Waals surface area contributed by atoms with Crippen LogP contribution in [-0.4, -0.2) is 0 Å². The zero-order valence-corrected chi connectivity index (χ0v) is 83.9. The molecule has 0 fully saturated rings. The summed E-state index contributed by atoms with van der Waals surface area (Å²) in [6, 6.07) is 65.3. The highest BCUT2D eigenvalue weighted by molar-refractivity contribution is 5.82. The standard InChI is InChI=1S/C30H36N.C26H32N.2C22H26N2.C21H24N2/c1-19-15-23-10-6-8-12-25(23)17-27(19)29-21(3)14-22(4)30(31(29)5)28-18-26-13-9-7-11-24(26)16-20(28)2;1-15-10-19(5)23(13-17(15)3)25-21(7)12-22(8)26(27(25)9)24-14-18(4)16(2)11-20(24)6;1-15-10-11-20(24(6)14-15)22-17(3)13-16(2)21(18(22)4)19-9-7-8-12-23(19)5;1-15-10-12-24(6)20(13-15)22-17(3)14-16(2)21(18(22)4)19-9-7-8-11-23(19)5;1-15-14-16(2)21(19-11-7-9-13-23(19)5)17(3)20(15)18-10-6-8-12-22(18)4/h14-18H,6-13H2,1-5H3;10-14H,1-9H3;2*7-14H,1-6H3;6-14H,1-5H3/q2*+1;3*+2. The Bertz CT molecular complexity index is 6620. The summed E-state index contributed by atoms with van der Waals surface area (Å²) in [5.74, 6) is 0. The van der Waals surface area contributed by atoms with Crippen molar-refractivity contribution in [3.05, 3.63) is 363 Å². The Morgan fingerprint density at radius 3 is 0.736 bits per heavy atom. The Morgan fingerprint density at radius 1 is 0.186 bits per heavy atom. The molecule has 0 saturated heterocycles. The molecule has 17 rings (SSSR count). The van der Waals surface area contributed by atoms with Gasteiger partial charge in [-0.3, -0.25) is 0 Å². The van der Waals surface area contributed by atoms with Crippen LogP contribution in [0.15, 0.2) is 213 Å². The summed E-state index contributed by atoms with van der Waals surface area (Å²) < 4.78 is 18.1. The van der Waals surface area contributed by atoms with Crippen molar-refractivity contribution in [2.24, 2.45) is 56.4 Å². The fourth-order valence-corrected chi connectivity index (χ4v) is 21.5. The number of aromatic nitrogens is 8. The Morgan fingerprint density at radius 2 is 0.434 bits per heavy atom. The first-order valence-corrected chi connectivity index (χ1v) is 46.8. The van der Waals surface area contributed by atoms with Gasteiger partial charge in [0.15, 0.2) is 37.2 Å². The molecule has 660 valence electrons. The molecule has 0 amide bonds. The van der Waals surface area contributed by atoms with E-state index >= 15 is 0 Å². The summed E-state index contributed by atoms with van der Waals surface area (Å²) in [5.41, 5.74) is 63.5. The lowest BCUT2D eigenvalue weighted by molar-refractivity contribution is -0.661. The van der Waals surface area contributed by atoms with Crippen LogP contribution in [-0.2, 0) is 82.1 Å². The van der Waals surface area contributed by atoms with Crippen LogP contribution in [0.25, 0.3) is 113 Å². The third-order valence-corrected chi connectivity index (χ3v) is 28.0. The summed E-state index contributed by atoms with van der Waals surface area (Å²) in [7, 11) is 17.2. The van der Waals surface area contributed by atoms with Crippen molar-refractivity contribution in [3.63, 3.8) is 0 Å². The number of benzene rings is 7. The molecule has 8 nitrogen and oxygen atoms in total. The van der Waals surface area contributed by atoms with Gasteiger partial charge in [0.2, 0.25) is 56.9 Å². The second-order valence-corrected chi connectivity index (χ2v) is 38.2. The van der Waals surface area contributed by atoms with Gasteiger partial charge in [0.05, 0.1) is 33.4 Å². The summed E-state index contributed by atoms with van der Waals surface area (Å²) in [4.78, 5) is 0. The lowest BCUT2D eigenvalue weighted by Gasteiger charge is -2.21. The normalized spacial score (nSPS) is 12.1. The molecule has 0 radical (unpaired) electrons. The zero-order valence-electron chi connectivity index (χ0n) is 83.9. The minimum Gasteiger partial charge on any atom is -0.201 e. The van der Waals surface area contributed by atoms with Gasteiger partial charge >= 0.3 is 0 Å². The molecule has 2 aliphatic carbocycles. The first-order chi connectivity index (χ1) is 61.3. The maximum atomic E-state index is 2.50. The highest BCUT2D eigenvalue weighted by atomic mass is 15.0. The average Bonchev–Trinajstić information content (AvgIpc) is 0.737. The molecule has 0 unspecified atom stereocenters. The average molecular weight is 1710 g/mol. The Labute approximate surface area is 774 Å². The molecule has 15 aromatic rings. The van der Waals surface area contributed by atoms with E-state index in [1.807, 2.05) is 0 Å². The summed E-state index contributed by atoms with van der Waals surface area (Å²) in [5, 5.41) is 0. The number of pyridine rings is 8. The molecule has 2 aliphatic rings. The molecular formula is C121H144N8+8. The Hall–Kier alpha value is -12.3. The number of rotatable bonds is 10. The Kier molecular flexibility index (Phi) is 29.1. The molecule has 8 aromatic heterocycles. The molecule has 0 aliphatic heterocycles. The van der Waals surface area contributed by atoms with E-state index in [-0.39, 0.29) is 0 Å². The molecule has 0 N–H and O–H groups in total. The van der Waals surface area contributed by atoms with Crippen LogP contribution in [0.4, 0.5) is 0 Å². The van der Waals surface area contributed by atoms with E-state index in [0.29, 0.717) is 0 Å². The molecule has 0 saturated carbocycles. The molecular weight excluding hydrogens is 1570 g/mol. The molecule has 0 bridgehead atoms. The van der Waals surface area contributed by atoms with Crippen molar-refractivity contribution in [2.45, 2.75) is 211 Å². The van der Waals surface area contributed by atoms with Gasteiger partial charge in [-0.25, -0.2) is 27.4 Å². The lowest BCUT2D eigenvalue weighted by Crippen LogP contribution is -2.36. The number of aryl methyl sites for hydroxylation is 30. The fourth-order valence-electron chi connectivity index (χ4n) is 21.5. The van der Waals surface area contributed by atoms with Gasteiger partial charge in [0.25, 0.3) is 0 Å². The first-order valence-electron chi connectivity index (χ1n) is 46.8. The smallest absolute Gasteiger partial charge is 0.201 e. The van der Waals surface area contributed by atoms with E-state index in [1.54, 1.807) is 22.3 Å². The number of hydrogen-bond donors (Lipinski definition) is 0. The minimum absolute atomic E-state index is 1.23. The molecule has 129 heavy (non-hydrogen) atoms. The quantitative estimate of drug-likeness (QED) is 0.122. The number of hydrogen-bond acceptors (Lipinski definition) is 0.